The monoisotopic (exact) mass is 272 g/mol. The van der Waals surface area contributed by atoms with Crippen molar-refractivity contribution in [3.8, 4) is 10.6 Å². The van der Waals surface area contributed by atoms with Gasteiger partial charge in [0.1, 0.15) is 5.69 Å². The van der Waals surface area contributed by atoms with Gasteiger partial charge in [-0.3, -0.25) is 4.79 Å². The summed E-state index contributed by atoms with van der Waals surface area (Å²) in [5.41, 5.74) is 1.13. The smallest absolute Gasteiger partial charge is 0.335 e. The third-order valence-electron chi connectivity index (χ3n) is 2.69. The normalized spacial score (nSPS) is 10.7. The summed E-state index contributed by atoms with van der Waals surface area (Å²) in [7, 11) is 0. The number of rotatable bonds is 2. The fraction of sp³-hybridized carbons (Fsp3) is 0. The number of nitrogens with one attached hydrogen (secondary N) is 1. The summed E-state index contributed by atoms with van der Waals surface area (Å²) in [6.07, 6.45) is 0. The molecule has 0 unspecified atom stereocenters. The van der Waals surface area contributed by atoms with Crippen molar-refractivity contribution in [2.24, 2.45) is 0 Å². The highest BCUT2D eigenvalue weighted by atomic mass is 32.1. The fourth-order valence-corrected chi connectivity index (χ4v) is 2.51. The molecule has 0 aliphatic carbocycles. The van der Waals surface area contributed by atoms with E-state index in [9.17, 15) is 9.59 Å². The van der Waals surface area contributed by atoms with E-state index in [0.717, 1.165) is 4.88 Å². The first-order chi connectivity index (χ1) is 9.15. The first kappa shape index (κ1) is 11.6. The summed E-state index contributed by atoms with van der Waals surface area (Å²) in [5, 5.41) is 10.8. The maximum absolute atomic E-state index is 12.0. The number of hydrogen-bond acceptors (Lipinski definition) is 4. The maximum Gasteiger partial charge on any atom is 0.335 e. The van der Waals surface area contributed by atoms with Gasteiger partial charge in [-0.25, -0.2) is 9.78 Å². The quantitative estimate of drug-likeness (QED) is 0.750. The Morgan fingerprint density at radius 1 is 1.32 bits per heavy atom. The van der Waals surface area contributed by atoms with Crippen molar-refractivity contribution >= 4 is 28.3 Å². The van der Waals surface area contributed by atoms with E-state index in [0.29, 0.717) is 16.7 Å². The molecule has 0 aliphatic heterocycles. The SMILES string of the molecule is O=C(O)c1ccc2nc(-c3cccs3)c(=O)[nH]c2c1. The number of fused-ring (bicyclic) bond motifs is 1. The van der Waals surface area contributed by atoms with Crippen LogP contribution in [0.25, 0.3) is 21.6 Å². The third kappa shape index (κ3) is 2.02. The van der Waals surface area contributed by atoms with E-state index in [1.807, 2.05) is 17.5 Å². The van der Waals surface area contributed by atoms with E-state index in [2.05, 4.69) is 9.97 Å². The Bertz CT molecular complexity index is 822. The number of carbonyl (C=O) groups is 1. The molecule has 2 aromatic heterocycles. The van der Waals surface area contributed by atoms with Crippen LogP contribution in [0.1, 0.15) is 10.4 Å². The molecule has 2 heterocycles. The molecule has 0 bridgehead atoms. The van der Waals surface area contributed by atoms with Crippen LogP contribution in [-0.2, 0) is 0 Å². The van der Waals surface area contributed by atoms with Crippen LogP contribution < -0.4 is 5.56 Å². The lowest BCUT2D eigenvalue weighted by Crippen LogP contribution is -2.11. The molecule has 0 aliphatic rings. The predicted molar refractivity (Wildman–Crippen MR) is 72.6 cm³/mol. The second-order valence-corrected chi connectivity index (χ2v) is 4.88. The van der Waals surface area contributed by atoms with Crippen LogP contribution in [0.2, 0.25) is 0 Å². The van der Waals surface area contributed by atoms with Crippen molar-refractivity contribution in [1.29, 1.82) is 0 Å². The minimum absolute atomic E-state index is 0.119. The van der Waals surface area contributed by atoms with Crippen LogP contribution in [0.15, 0.2) is 40.5 Å². The van der Waals surface area contributed by atoms with E-state index < -0.39 is 5.97 Å². The van der Waals surface area contributed by atoms with Crippen LogP contribution in [0, 0.1) is 0 Å². The molecule has 1 aromatic carbocycles. The van der Waals surface area contributed by atoms with E-state index in [-0.39, 0.29) is 11.1 Å². The molecule has 19 heavy (non-hydrogen) atoms. The van der Waals surface area contributed by atoms with Gasteiger partial charge in [-0.1, -0.05) is 6.07 Å². The lowest BCUT2D eigenvalue weighted by molar-refractivity contribution is 0.0697. The average molecular weight is 272 g/mol. The van der Waals surface area contributed by atoms with Crippen molar-refractivity contribution in [3.05, 3.63) is 51.6 Å². The number of nitrogens with zero attached hydrogens (tertiary/aromatic N) is 1. The van der Waals surface area contributed by atoms with Gasteiger partial charge in [-0.05, 0) is 29.6 Å². The molecule has 0 radical (unpaired) electrons. The molecule has 6 heteroatoms. The van der Waals surface area contributed by atoms with Crippen molar-refractivity contribution in [3.63, 3.8) is 0 Å². The van der Waals surface area contributed by atoms with Gasteiger partial charge in [0.05, 0.1) is 21.5 Å². The van der Waals surface area contributed by atoms with Gasteiger partial charge >= 0.3 is 5.97 Å². The van der Waals surface area contributed by atoms with E-state index in [1.54, 1.807) is 6.07 Å². The summed E-state index contributed by atoms with van der Waals surface area (Å²) in [4.78, 5) is 30.6. The molecule has 0 saturated carbocycles. The molecular formula is C13H8N2O3S. The topological polar surface area (TPSA) is 83.0 Å². The summed E-state index contributed by atoms with van der Waals surface area (Å²) in [5.74, 6) is -1.04. The number of carboxylic acid groups (broad SMARTS) is 1. The molecule has 0 atom stereocenters. The Labute approximate surface area is 111 Å². The lowest BCUT2D eigenvalue weighted by atomic mass is 10.2. The number of aromatic carboxylic acids is 1. The van der Waals surface area contributed by atoms with Crippen LogP contribution >= 0.6 is 11.3 Å². The van der Waals surface area contributed by atoms with E-state index >= 15 is 0 Å². The molecule has 0 saturated heterocycles. The number of thiophene rings is 1. The van der Waals surface area contributed by atoms with Crippen molar-refractivity contribution in [2.75, 3.05) is 0 Å². The summed E-state index contributed by atoms with van der Waals surface area (Å²) < 4.78 is 0. The molecular weight excluding hydrogens is 264 g/mol. The van der Waals surface area contributed by atoms with Crippen molar-refractivity contribution in [1.82, 2.24) is 9.97 Å². The van der Waals surface area contributed by atoms with Crippen LogP contribution in [0.4, 0.5) is 0 Å². The highest BCUT2D eigenvalue weighted by Gasteiger charge is 2.10. The van der Waals surface area contributed by atoms with Gasteiger partial charge in [0.2, 0.25) is 0 Å². The molecule has 0 spiro atoms. The van der Waals surface area contributed by atoms with Gasteiger partial charge < -0.3 is 10.1 Å². The molecule has 0 fully saturated rings. The average Bonchev–Trinajstić information content (AvgIpc) is 2.90. The zero-order chi connectivity index (χ0) is 13.4. The zero-order valence-corrected chi connectivity index (χ0v) is 10.4. The first-order valence-electron chi connectivity index (χ1n) is 5.46. The third-order valence-corrected chi connectivity index (χ3v) is 3.57. The molecule has 5 nitrogen and oxygen atoms in total. The van der Waals surface area contributed by atoms with Gasteiger partial charge in [0.25, 0.3) is 5.56 Å². The summed E-state index contributed by atoms with van der Waals surface area (Å²) in [6.45, 7) is 0. The van der Waals surface area contributed by atoms with E-state index in [4.69, 9.17) is 5.11 Å². The van der Waals surface area contributed by atoms with Crippen LogP contribution in [0.3, 0.4) is 0 Å². The number of aromatic nitrogens is 2. The Hall–Kier alpha value is -2.47. The highest BCUT2D eigenvalue weighted by molar-refractivity contribution is 7.13. The fourth-order valence-electron chi connectivity index (χ4n) is 1.80. The zero-order valence-electron chi connectivity index (χ0n) is 9.58. The molecule has 2 N–H and O–H groups in total. The summed E-state index contributed by atoms with van der Waals surface area (Å²) in [6, 6.07) is 8.13. The van der Waals surface area contributed by atoms with Gasteiger partial charge in [-0.2, -0.15) is 0 Å². The number of carboxylic acids is 1. The maximum atomic E-state index is 12.0. The largest absolute Gasteiger partial charge is 0.478 e. The van der Waals surface area contributed by atoms with Crippen LogP contribution in [-0.4, -0.2) is 21.0 Å². The van der Waals surface area contributed by atoms with Crippen molar-refractivity contribution < 1.29 is 9.90 Å². The molecule has 3 rings (SSSR count). The number of benzene rings is 1. The van der Waals surface area contributed by atoms with Crippen LogP contribution in [0.5, 0.6) is 0 Å². The van der Waals surface area contributed by atoms with Gasteiger partial charge in [0.15, 0.2) is 0 Å². The minimum Gasteiger partial charge on any atom is -0.478 e. The molecule has 3 aromatic rings. The first-order valence-corrected chi connectivity index (χ1v) is 6.34. The van der Waals surface area contributed by atoms with Gasteiger partial charge in [-0.15, -0.1) is 11.3 Å². The van der Waals surface area contributed by atoms with E-state index in [1.165, 1.54) is 23.5 Å². The molecule has 0 amide bonds. The Morgan fingerprint density at radius 2 is 2.16 bits per heavy atom. The minimum atomic E-state index is -1.04. The Morgan fingerprint density at radius 3 is 2.84 bits per heavy atom. The number of hydrogen-bond donors (Lipinski definition) is 2. The van der Waals surface area contributed by atoms with Gasteiger partial charge in [0, 0.05) is 0 Å². The highest BCUT2D eigenvalue weighted by Crippen LogP contribution is 2.21. The molecule has 94 valence electrons. The Balaban J connectivity index is 2.25. The standard InChI is InChI=1S/C13H8N2O3S/c16-12-11(10-2-1-5-19-10)14-8-4-3-7(13(17)18)6-9(8)15-12/h1-6H,(H,15,16)(H,17,18). The second kappa shape index (κ2) is 4.33. The van der Waals surface area contributed by atoms with Crippen molar-refractivity contribution in [2.45, 2.75) is 0 Å². The predicted octanol–water partition coefficient (Wildman–Crippen LogP) is 2.35. The number of aromatic amines is 1. The lowest BCUT2D eigenvalue weighted by Gasteiger charge is -2.02. The Kier molecular flexibility index (Phi) is 2.64. The summed E-state index contributed by atoms with van der Waals surface area (Å²) >= 11 is 1.43. The number of H-pyrrole nitrogens is 1. The second-order valence-electron chi connectivity index (χ2n) is 3.93.